The second-order valence-corrected chi connectivity index (χ2v) is 5.32. The van der Waals surface area contributed by atoms with E-state index in [2.05, 4.69) is 29.4 Å². The minimum atomic E-state index is -0.331. The number of anilines is 1. The van der Waals surface area contributed by atoms with Crippen molar-refractivity contribution in [1.29, 1.82) is 0 Å². The fourth-order valence-electron chi connectivity index (χ4n) is 1.49. The average Bonchev–Trinajstić information content (AvgIpc) is 2.76. The van der Waals surface area contributed by atoms with Crippen molar-refractivity contribution in [1.82, 2.24) is 9.78 Å². The van der Waals surface area contributed by atoms with Crippen LogP contribution in [0.1, 0.15) is 40.2 Å². The highest BCUT2D eigenvalue weighted by Crippen LogP contribution is 2.20. The Kier molecular flexibility index (Phi) is 4.58. The van der Waals surface area contributed by atoms with Crippen molar-refractivity contribution < 1.29 is 5.21 Å². The van der Waals surface area contributed by atoms with Gasteiger partial charge in [0.2, 0.25) is 0 Å². The van der Waals surface area contributed by atoms with E-state index in [-0.39, 0.29) is 11.3 Å². The Bertz CT molecular complexity index is 408. The van der Waals surface area contributed by atoms with Gasteiger partial charge in [-0.1, -0.05) is 19.0 Å². The zero-order chi connectivity index (χ0) is 13.8. The van der Waals surface area contributed by atoms with Crippen molar-refractivity contribution in [2.45, 2.75) is 40.2 Å². The third kappa shape index (κ3) is 3.65. The van der Waals surface area contributed by atoms with E-state index >= 15 is 0 Å². The number of hydrogen-bond acceptors (Lipinski definition) is 4. The van der Waals surface area contributed by atoms with Gasteiger partial charge in [-0.25, -0.2) is 0 Å². The Morgan fingerprint density at radius 1 is 1.61 bits per heavy atom. The molecule has 0 bridgehead atoms. The number of nitrogens with two attached hydrogens (primary N) is 1. The summed E-state index contributed by atoms with van der Waals surface area (Å²) >= 11 is 0. The molecular formula is C12H23N5O. The molecule has 0 saturated heterocycles. The molecule has 6 heteroatoms. The highest BCUT2D eigenvalue weighted by molar-refractivity contribution is 5.85. The molecule has 0 unspecified atom stereocenters. The first kappa shape index (κ1) is 14.3. The Balaban J connectivity index is 2.46. The maximum Gasteiger partial charge on any atom is 0.147 e. The Labute approximate surface area is 108 Å². The smallest absolute Gasteiger partial charge is 0.147 e. The SMILES string of the molecule is CC(C)n1ccc(NCCC(C)(C)/C(N)=N/O)n1. The van der Waals surface area contributed by atoms with Gasteiger partial charge in [0.05, 0.1) is 0 Å². The Morgan fingerprint density at radius 3 is 2.78 bits per heavy atom. The third-order valence-electron chi connectivity index (χ3n) is 2.99. The average molecular weight is 253 g/mol. The number of amidine groups is 1. The largest absolute Gasteiger partial charge is 0.409 e. The van der Waals surface area contributed by atoms with E-state index in [0.29, 0.717) is 6.04 Å². The molecule has 0 amide bonds. The van der Waals surface area contributed by atoms with Gasteiger partial charge in [0.25, 0.3) is 0 Å². The molecular weight excluding hydrogens is 230 g/mol. The van der Waals surface area contributed by atoms with Crippen LogP contribution in [0.5, 0.6) is 0 Å². The van der Waals surface area contributed by atoms with E-state index in [4.69, 9.17) is 10.9 Å². The van der Waals surface area contributed by atoms with Crippen molar-refractivity contribution in [3.63, 3.8) is 0 Å². The third-order valence-corrected chi connectivity index (χ3v) is 2.99. The second kappa shape index (κ2) is 5.75. The summed E-state index contributed by atoms with van der Waals surface area (Å²) in [7, 11) is 0. The van der Waals surface area contributed by atoms with Gasteiger partial charge in [-0.2, -0.15) is 5.10 Å². The minimum absolute atomic E-state index is 0.247. The first-order valence-corrected chi connectivity index (χ1v) is 6.14. The van der Waals surface area contributed by atoms with Crippen molar-refractivity contribution in [2.24, 2.45) is 16.3 Å². The molecule has 4 N–H and O–H groups in total. The molecule has 0 fully saturated rings. The summed E-state index contributed by atoms with van der Waals surface area (Å²) in [6.07, 6.45) is 2.71. The van der Waals surface area contributed by atoms with Gasteiger partial charge < -0.3 is 16.3 Å². The number of oxime groups is 1. The highest BCUT2D eigenvalue weighted by atomic mass is 16.4. The van der Waals surface area contributed by atoms with E-state index in [1.807, 2.05) is 30.8 Å². The summed E-state index contributed by atoms with van der Waals surface area (Å²) in [5.74, 6) is 1.09. The Morgan fingerprint density at radius 2 is 2.28 bits per heavy atom. The molecule has 0 aliphatic carbocycles. The predicted octanol–water partition coefficient (Wildman–Crippen LogP) is 2.04. The summed E-state index contributed by atoms with van der Waals surface area (Å²) in [6, 6.07) is 2.30. The van der Waals surface area contributed by atoms with Crippen molar-refractivity contribution in [3.05, 3.63) is 12.3 Å². The number of nitrogens with one attached hydrogen (secondary N) is 1. The van der Waals surface area contributed by atoms with Gasteiger partial charge in [-0.05, 0) is 20.3 Å². The van der Waals surface area contributed by atoms with Crippen LogP contribution < -0.4 is 11.1 Å². The molecule has 18 heavy (non-hydrogen) atoms. The van der Waals surface area contributed by atoms with Crippen molar-refractivity contribution in [3.8, 4) is 0 Å². The maximum absolute atomic E-state index is 8.68. The summed E-state index contributed by atoms with van der Waals surface area (Å²) in [6.45, 7) is 8.77. The van der Waals surface area contributed by atoms with E-state index in [9.17, 15) is 0 Å². The zero-order valence-corrected chi connectivity index (χ0v) is 11.5. The fraction of sp³-hybridized carbons (Fsp3) is 0.667. The maximum atomic E-state index is 8.68. The molecule has 0 radical (unpaired) electrons. The molecule has 0 aliphatic heterocycles. The molecule has 1 heterocycles. The normalized spacial score (nSPS) is 13.1. The molecule has 0 aromatic carbocycles. The lowest BCUT2D eigenvalue weighted by atomic mass is 9.88. The number of hydrogen-bond donors (Lipinski definition) is 3. The van der Waals surface area contributed by atoms with E-state index in [0.717, 1.165) is 18.8 Å². The molecule has 1 aromatic rings. The van der Waals surface area contributed by atoms with Crippen LogP contribution in [0.2, 0.25) is 0 Å². The molecule has 0 atom stereocenters. The van der Waals surface area contributed by atoms with Crippen LogP contribution in [0, 0.1) is 5.41 Å². The Hall–Kier alpha value is -1.72. The van der Waals surface area contributed by atoms with Crippen LogP contribution in [0.25, 0.3) is 0 Å². The van der Waals surface area contributed by atoms with Gasteiger partial charge in [0.1, 0.15) is 11.7 Å². The van der Waals surface area contributed by atoms with Crippen LogP contribution in [0.15, 0.2) is 17.4 Å². The predicted molar refractivity (Wildman–Crippen MR) is 72.9 cm³/mol. The molecule has 1 rings (SSSR count). The van der Waals surface area contributed by atoms with Gasteiger partial charge >= 0.3 is 0 Å². The lowest BCUT2D eigenvalue weighted by Gasteiger charge is -2.22. The van der Waals surface area contributed by atoms with Crippen molar-refractivity contribution >= 4 is 11.7 Å². The van der Waals surface area contributed by atoms with E-state index < -0.39 is 0 Å². The van der Waals surface area contributed by atoms with Gasteiger partial charge in [-0.15, -0.1) is 0 Å². The standard InChI is InChI=1S/C12H23N5O/c1-9(2)17-8-5-10(15-17)14-7-6-12(3,4)11(13)16-18/h5,8-9,18H,6-7H2,1-4H3,(H2,13,16)(H,14,15). The number of rotatable bonds is 6. The van der Waals surface area contributed by atoms with E-state index in [1.54, 1.807) is 0 Å². The second-order valence-electron chi connectivity index (χ2n) is 5.32. The van der Waals surface area contributed by atoms with Gasteiger partial charge in [0.15, 0.2) is 0 Å². The molecule has 0 saturated carbocycles. The van der Waals surface area contributed by atoms with Gasteiger partial charge in [0, 0.05) is 30.3 Å². The van der Waals surface area contributed by atoms with Crippen LogP contribution >= 0.6 is 0 Å². The lowest BCUT2D eigenvalue weighted by molar-refractivity contribution is 0.306. The highest BCUT2D eigenvalue weighted by Gasteiger charge is 2.22. The zero-order valence-electron chi connectivity index (χ0n) is 11.5. The summed E-state index contributed by atoms with van der Waals surface area (Å²) in [4.78, 5) is 0. The summed E-state index contributed by atoms with van der Waals surface area (Å²) in [5.41, 5.74) is 5.30. The van der Waals surface area contributed by atoms with Crippen LogP contribution in [0.4, 0.5) is 5.82 Å². The van der Waals surface area contributed by atoms with Crippen LogP contribution in [0.3, 0.4) is 0 Å². The van der Waals surface area contributed by atoms with Crippen LogP contribution in [-0.4, -0.2) is 27.4 Å². The molecule has 102 valence electrons. The molecule has 6 nitrogen and oxygen atoms in total. The lowest BCUT2D eigenvalue weighted by Crippen LogP contribution is -2.33. The number of aromatic nitrogens is 2. The minimum Gasteiger partial charge on any atom is -0.409 e. The quantitative estimate of drug-likeness (QED) is 0.313. The van der Waals surface area contributed by atoms with Gasteiger partial charge in [-0.3, -0.25) is 4.68 Å². The van der Waals surface area contributed by atoms with Crippen LogP contribution in [-0.2, 0) is 0 Å². The first-order valence-electron chi connectivity index (χ1n) is 6.14. The topological polar surface area (TPSA) is 88.5 Å². The fourth-order valence-corrected chi connectivity index (χ4v) is 1.49. The first-order chi connectivity index (χ1) is 8.36. The monoisotopic (exact) mass is 253 g/mol. The molecule has 1 aromatic heterocycles. The summed E-state index contributed by atoms with van der Waals surface area (Å²) < 4.78 is 1.90. The van der Waals surface area contributed by atoms with Crippen molar-refractivity contribution in [2.75, 3.05) is 11.9 Å². The molecule has 0 spiro atoms. The summed E-state index contributed by atoms with van der Waals surface area (Å²) in [5, 5.41) is 19.4. The number of nitrogens with zero attached hydrogens (tertiary/aromatic N) is 3. The van der Waals surface area contributed by atoms with E-state index in [1.165, 1.54) is 0 Å². The molecule has 0 aliphatic rings.